The molecule has 176 valence electrons. The first kappa shape index (κ1) is 22.4. The number of halogens is 1. The second-order valence-corrected chi connectivity index (χ2v) is 9.74. The normalized spacial score (nSPS) is 27.5. The van der Waals surface area contributed by atoms with Crippen LogP contribution in [0.5, 0.6) is 11.6 Å². The number of phenols is 1. The number of piperidine rings is 2. The van der Waals surface area contributed by atoms with Gasteiger partial charge in [-0.15, -0.1) is 10.2 Å². The molecule has 8 heteroatoms. The van der Waals surface area contributed by atoms with Crippen LogP contribution in [-0.4, -0.2) is 49.6 Å². The van der Waals surface area contributed by atoms with Gasteiger partial charge in [-0.25, -0.2) is 14.4 Å². The maximum Gasteiger partial charge on any atom is 0.213 e. The third-order valence-electron chi connectivity index (χ3n) is 6.92. The summed E-state index contributed by atoms with van der Waals surface area (Å²) in [6, 6.07) is 8.89. The van der Waals surface area contributed by atoms with Gasteiger partial charge >= 0.3 is 0 Å². The maximum atomic E-state index is 15.3. The van der Waals surface area contributed by atoms with Gasteiger partial charge in [-0.3, -0.25) is 0 Å². The first-order valence-corrected chi connectivity index (χ1v) is 11.5. The molecule has 5 rings (SSSR count). The van der Waals surface area contributed by atoms with Crippen LogP contribution in [0.15, 0.2) is 48.3 Å². The van der Waals surface area contributed by atoms with E-state index < -0.39 is 11.7 Å². The van der Waals surface area contributed by atoms with Gasteiger partial charge in [0, 0.05) is 17.8 Å². The zero-order valence-corrected chi connectivity index (χ0v) is 19.5. The molecule has 0 saturated carbocycles. The summed E-state index contributed by atoms with van der Waals surface area (Å²) in [7, 11) is 1.56. The van der Waals surface area contributed by atoms with Gasteiger partial charge in [-0.1, -0.05) is 6.07 Å². The van der Waals surface area contributed by atoms with Crippen molar-refractivity contribution in [2.45, 2.75) is 56.8 Å². The van der Waals surface area contributed by atoms with Crippen LogP contribution in [0.3, 0.4) is 0 Å². The topological polar surface area (TPSA) is 93.0 Å². The van der Waals surface area contributed by atoms with E-state index in [0.29, 0.717) is 29.4 Å². The van der Waals surface area contributed by atoms with Crippen LogP contribution >= 0.6 is 0 Å². The minimum absolute atomic E-state index is 0.0389. The van der Waals surface area contributed by atoms with E-state index in [1.165, 1.54) is 0 Å². The molecule has 3 aromatic rings. The molecule has 2 aromatic heterocycles. The van der Waals surface area contributed by atoms with Crippen molar-refractivity contribution in [2.24, 2.45) is 0 Å². The van der Waals surface area contributed by atoms with Crippen molar-refractivity contribution in [3.63, 3.8) is 0 Å². The van der Waals surface area contributed by atoms with E-state index in [1.807, 2.05) is 19.1 Å². The highest BCUT2D eigenvalue weighted by Crippen LogP contribution is 2.44. The molecule has 0 spiro atoms. The summed E-state index contributed by atoms with van der Waals surface area (Å²) in [5.74, 6) is 0.836. The molecule has 3 atom stereocenters. The van der Waals surface area contributed by atoms with Crippen LogP contribution < -0.4 is 10.1 Å². The summed E-state index contributed by atoms with van der Waals surface area (Å²) in [5.41, 5.74) is 2.73. The number of nitrogens with one attached hydrogen (secondary N) is 1. The molecule has 2 bridgehead atoms. The number of fused-ring (bicyclic) bond motifs is 2. The molecular weight excluding hydrogens is 433 g/mol. The number of benzene rings is 1. The van der Waals surface area contributed by atoms with Crippen molar-refractivity contribution >= 4 is 6.08 Å². The lowest BCUT2D eigenvalue weighted by atomic mass is 9.68. The minimum atomic E-state index is -1.08. The third kappa shape index (κ3) is 4.14. The van der Waals surface area contributed by atoms with Crippen molar-refractivity contribution in [1.82, 2.24) is 25.5 Å². The number of alkyl halides is 1. The fraction of sp³-hybridized carbons (Fsp3) is 0.385. The second kappa shape index (κ2) is 8.43. The predicted octanol–water partition coefficient (Wildman–Crippen LogP) is 4.73. The standard InChI is InChI=1S/C26H28FN5O2/c1-25-8-4-9-26(2,32-25)23(27)18(14-25)11-19-15-29-24(31-30-19)20-6-5-16(12-21(20)33)17-7-10-28-22(13-17)34-3/h5-7,10-13,15,23,32-33H,4,8-9,14H2,1-3H3/b18-11+/t23-,25-,26+/m1/s1. The van der Waals surface area contributed by atoms with Gasteiger partial charge in [0.15, 0.2) is 5.82 Å². The molecule has 2 fully saturated rings. The smallest absolute Gasteiger partial charge is 0.213 e. The number of methoxy groups -OCH3 is 1. The Morgan fingerprint density at radius 3 is 2.68 bits per heavy atom. The molecule has 4 heterocycles. The lowest BCUT2D eigenvalue weighted by Crippen LogP contribution is -2.66. The Bertz CT molecular complexity index is 1250. The summed E-state index contributed by atoms with van der Waals surface area (Å²) < 4.78 is 20.5. The van der Waals surface area contributed by atoms with Crippen molar-refractivity contribution < 1.29 is 14.2 Å². The van der Waals surface area contributed by atoms with Crippen molar-refractivity contribution in [3.8, 4) is 34.1 Å². The molecule has 0 unspecified atom stereocenters. The Balaban J connectivity index is 1.39. The first-order chi connectivity index (χ1) is 16.3. The number of ether oxygens (including phenoxy) is 1. The van der Waals surface area contributed by atoms with E-state index in [9.17, 15) is 5.11 Å². The number of pyridine rings is 1. The van der Waals surface area contributed by atoms with E-state index in [4.69, 9.17) is 4.74 Å². The zero-order valence-electron chi connectivity index (χ0n) is 19.5. The van der Waals surface area contributed by atoms with E-state index in [2.05, 4.69) is 32.4 Å². The van der Waals surface area contributed by atoms with Crippen LogP contribution in [0.4, 0.5) is 4.39 Å². The van der Waals surface area contributed by atoms with Gasteiger partial charge in [0.1, 0.15) is 17.6 Å². The highest BCUT2D eigenvalue weighted by molar-refractivity contribution is 5.73. The molecule has 2 aliphatic heterocycles. The average molecular weight is 462 g/mol. The molecule has 2 aliphatic rings. The predicted molar refractivity (Wildman–Crippen MR) is 128 cm³/mol. The van der Waals surface area contributed by atoms with E-state index in [1.54, 1.807) is 43.8 Å². The highest BCUT2D eigenvalue weighted by Gasteiger charge is 2.50. The minimum Gasteiger partial charge on any atom is -0.507 e. The largest absolute Gasteiger partial charge is 0.507 e. The average Bonchev–Trinajstić information content (AvgIpc) is 2.83. The van der Waals surface area contributed by atoms with Gasteiger partial charge in [-0.05, 0) is 80.5 Å². The summed E-state index contributed by atoms with van der Waals surface area (Å²) in [6.07, 6.45) is 7.42. The van der Waals surface area contributed by atoms with Crippen LogP contribution in [0.25, 0.3) is 28.6 Å². The lowest BCUT2D eigenvalue weighted by molar-refractivity contribution is 0.0555. The molecule has 0 amide bonds. The van der Waals surface area contributed by atoms with Gasteiger partial charge in [0.25, 0.3) is 0 Å². The van der Waals surface area contributed by atoms with Crippen molar-refractivity contribution in [3.05, 3.63) is 54.0 Å². The Hall–Kier alpha value is -3.39. The summed E-state index contributed by atoms with van der Waals surface area (Å²) in [6.45, 7) is 4.12. The van der Waals surface area contributed by atoms with E-state index in [0.717, 1.165) is 36.0 Å². The van der Waals surface area contributed by atoms with Crippen LogP contribution in [0.1, 0.15) is 45.2 Å². The lowest BCUT2D eigenvalue weighted by Gasteiger charge is -2.53. The molecular formula is C26H28FN5O2. The maximum absolute atomic E-state index is 15.3. The number of hydrogen-bond donors (Lipinski definition) is 2. The number of phenolic OH excluding ortho intramolecular Hbond substituents is 1. The fourth-order valence-corrected chi connectivity index (χ4v) is 5.32. The van der Waals surface area contributed by atoms with Gasteiger partial charge in [0.05, 0.1) is 24.4 Å². The second-order valence-electron chi connectivity index (χ2n) is 9.74. The number of aromatic hydroxyl groups is 1. The molecule has 2 N–H and O–H groups in total. The van der Waals surface area contributed by atoms with Crippen molar-refractivity contribution in [2.75, 3.05) is 7.11 Å². The summed E-state index contributed by atoms with van der Waals surface area (Å²) >= 11 is 0. The zero-order chi connectivity index (χ0) is 23.9. The fourth-order valence-electron chi connectivity index (χ4n) is 5.32. The molecule has 34 heavy (non-hydrogen) atoms. The first-order valence-electron chi connectivity index (χ1n) is 11.5. The summed E-state index contributed by atoms with van der Waals surface area (Å²) in [4.78, 5) is 8.50. The van der Waals surface area contributed by atoms with Crippen molar-refractivity contribution in [1.29, 1.82) is 0 Å². The van der Waals surface area contributed by atoms with Crippen LogP contribution in [-0.2, 0) is 0 Å². The van der Waals surface area contributed by atoms with Gasteiger partial charge < -0.3 is 15.2 Å². The van der Waals surface area contributed by atoms with Gasteiger partial charge in [0.2, 0.25) is 5.88 Å². The molecule has 0 radical (unpaired) electrons. The quantitative estimate of drug-likeness (QED) is 0.580. The van der Waals surface area contributed by atoms with Crippen LogP contribution in [0.2, 0.25) is 0 Å². The van der Waals surface area contributed by atoms with Crippen LogP contribution in [0, 0.1) is 0 Å². The molecule has 7 nitrogen and oxygen atoms in total. The Morgan fingerprint density at radius 2 is 1.94 bits per heavy atom. The molecule has 1 aromatic carbocycles. The Morgan fingerprint density at radius 1 is 1.12 bits per heavy atom. The Labute approximate surface area is 198 Å². The van der Waals surface area contributed by atoms with E-state index >= 15 is 4.39 Å². The SMILES string of the molecule is COc1cc(-c2ccc(-c3ncc(/C=C4\C[C@@]5(C)CCC[C@](C)(N5)[C@@H]4F)nn3)c(O)c2)ccn1. The molecule has 2 saturated heterocycles. The Kier molecular flexibility index (Phi) is 5.56. The van der Waals surface area contributed by atoms with Gasteiger partial charge in [-0.2, -0.15) is 0 Å². The highest BCUT2D eigenvalue weighted by atomic mass is 19.1. The number of rotatable bonds is 4. The third-order valence-corrected chi connectivity index (χ3v) is 6.92. The summed E-state index contributed by atoms with van der Waals surface area (Å²) in [5, 5.41) is 22.6. The monoisotopic (exact) mass is 461 g/mol. The number of nitrogens with zero attached hydrogens (tertiary/aromatic N) is 4. The number of hydrogen-bond acceptors (Lipinski definition) is 7. The molecule has 0 aliphatic carbocycles. The van der Waals surface area contributed by atoms with E-state index in [-0.39, 0.29) is 11.3 Å². The number of aromatic nitrogens is 4.